The summed E-state index contributed by atoms with van der Waals surface area (Å²) >= 11 is 5.75. The van der Waals surface area contributed by atoms with Crippen molar-refractivity contribution in [1.82, 2.24) is 4.31 Å². The van der Waals surface area contributed by atoms with Crippen LogP contribution in [0.25, 0.3) is 0 Å². The van der Waals surface area contributed by atoms with Crippen LogP contribution in [0.3, 0.4) is 0 Å². The molecular weight excluding hydrogens is 317 g/mol. The first-order valence-electron chi connectivity index (χ1n) is 5.70. The first-order valence-corrected chi connectivity index (χ1v) is 7.51. The third-order valence-corrected chi connectivity index (χ3v) is 4.73. The lowest BCUT2D eigenvalue weighted by molar-refractivity contribution is -0.136. The monoisotopic (exact) mass is 330 g/mol. The quantitative estimate of drug-likeness (QED) is 0.844. The van der Waals surface area contributed by atoms with Crippen LogP contribution in [0.4, 0.5) is 18.9 Å². The Kier molecular flexibility index (Phi) is 5.28. The molecule has 1 aromatic rings. The average molecular weight is 331 g/mol. The number of alkyl halides is 3. The van der Waals surface area contributed by atoms with Crippen molar-refractivity contribution >= 4 is 27.3 Å². The minimum Gasteiger partial charge on any atom is -0.399 e. The minimum absolute atomic E-state index is 0.108. The molecule has 0 aromatic heterocycles. The van der Waals surface area contributed by atoms with E-state index in [4.69, 9.17) is 17.3 Å². The number of halogens is 4. The summed E-state index contributed by atoms with van der Waals surface area (Å²) in [6.45, 7) is -0.235. The van der Waals surface area contributed by atoms with Gasteiger partial charge in [0, 0.05) is 12.2 Å². The number of hydrogen-bond donors (Lipinski definition) is 1. The summed E-state index contributed by atoms with van der Waals surface area (Å²) in [6, 6.07) is 3.66. The van der Waals surface area contributed by atoms with Gasteiger partial charge in [-0.25, -0.2) is 8.42 Å². The molecule has 0 unspecified atom stereocenters. The van der Waals surface area contributed by atoms with Gasteiger partial charge >= 0.3 is 6.18 Å². The number of sulfonamides is 1. The molecule has 0 saturated carbocycles. The predicted molar refractivity (Wildman–Crippen MR) is 71.0 cm³/mol. The molecule has 0 aliphatic heterocycles. The lowest BCUT2D eigenvalue weighted by Gasteiger charge is -2.23. The summed E-state index contributed by atoms with van der Waals surface area (Å²) in [6.07, 6.45) is -4.38. The Labute approximate surface area is 120 Å². The van der Waals surface area contributed by atoms with Crippen LogP contribution in [0.15, 0.2) is 23.1 Å². The maximum atomic E-state index is 12.5. The maximum Gasteiger partial charge on any atom is 0.402 e. The van der Waals surface area contributed by atoms with Crippen LogP contribution >= 0.6 is 11.6 Å². The molecule has 2 N–H and O–H groups in total. The number of nitrogens with zero attached hydrogens (tertiary/aromatic N) is 1. The number of anilines is 1. The van der Waals surface area contributed by atoms with Crippen molar-refractivity contribution in [2.45, 2.75) is 24.4 Å². The normalized spacial score (nSPS) is 12.9. The van der Waals surface area contributed by atoms with E-state index < -0.39 is 27.6 Å². The molecule has 20 heavy (non-hydrogen) atoms. The Morgan fingerprint density at radius 1 is 1.35 bits per heavy atom. The smallest absolute Gasteiger partial charge is 0.399 e. The second kappa shape index (κ2) is 6.19. The minimum atomic E-state index is -4.63. The Morgan fingerprint density at radius 3 is 2.45 bits per heavy atom. The van der Waals surface area contributed by atoms with E-state index in [1.165, 1.54) is 12.1 Å². The summed E-state index contributed by atoms with van der Waals surface area (Å²) in [5.74, 6) is 0. The van der Waals surface area contributed by atoms with Crippen LogP contribution in [0.2, 0.25) is 5.02 Å². The van der Waals surface area contributed by atoms with Gasteiger partial charge in [-0.15, -0.1) is 0 Å². The van der Waals surface area contributed by atoms with Gasteiger partial charge in [0.2, 0.25) is 10.0 Å². The highest BCUT2D eigenvalue weighted by Crippen LogP contribution is 2.29. The Morgan fingerprint density at radius 2 is 1.95 bits per heavy atom. The van der Waals surface area contributed by atoms with Crippen molar-refractivity contribution in [2.75, 3.05) is 18.8 Å². The van der Waals surface area contributed by atoms with E-state index in [0.717, 1.165) is 6.07 Å². The summed E-state index contributed by atoms with van der Waals surface area (Å²) in [5.41, 5.74) is 5.57. The Hall–Kier alpha value is -0.990. The van der Waals surface area contributed by atoms with Crippen molar-refractivity contribution in [3.8, 4) is 0 Å². The summed E-state index contributed by atoms with van der Waals surface area (Å²) in [7, 11) is -4.35. The van der Waals surface area contributed by atoms with Gasteiger partial charge in [0.1, 0.15) is 11.4 Å². The zero-order chi connectivity index (χ0) is 15.6. The fourth-order valence-corrected chi connectivity index (χ4v) is 3.62. The number of nitrogens with two attached hydrogens (primary N) is 1. The summed E-state index contributed by atoms with van der Waals surface area (Å²) < 4.78 is 62.3. The van der Waals surface area contributed by atoms with Crippen molar-refractivity contribution in [2.24, 2.45) is 0 Å². The zero-order valence-electron chi connectivity index (χ0n) is 10.6. The predicted octanol–water partition coefficient (Wildman–Crippen LogP) is 2.89. The van der Waals surface area contributed by atoms with Crippen molar-refractivity contribution in [1.29, 1.82) is 0 Å². The van der Waals surface area contributed by atoms with Gasteiger partial charge in [-0.1, -0.05) is 18.5 Å². The number of hydrogen-bond acceptors (Lipinski definition) is 3. The zero-order valence-corrected chi connectivity index (χ0v) is 12.2. The van der Waals surface area contributed by atoms with E-state index in [1.807, 2.05) is 0 Å². The van der Waals surface area contributed by atoms with Gasteiger partial charge < -0.3 is 5.73 Å². The standard InChI is InChI=1S/C11H14ClF3N2O2S/c1-2-5-17(7-11(13,14)15)20(18,19)10-6-8(16)3-4-9(10)12/h3-4,6H,2,5,7,16H2,1H3. The number of benzene rings is 1. The molecule has 0 bridgehead atoms. The fraction of sp³-hybridized carbons (Fsp3) is 0.455. The highest BCUT2D eigenvalue weighted by atomic mass is 35.5. The van der Waals surface area contributed by atoms with Crippen LogP contribution < -0.4 is 5.73 Å². The highest BCUT2D eigenvalue weighted by Gasteiger charge is 2.37. The van der Waals surface area contributed by atoms with E-state index in [9.17, 15) is 21.6 Å². The van der Waals surface area contributed by atoms with E-state index in [-0.39, 0.29) is 23.7 Å². The molecule has 9 heteroatoms. The van der Waals surface area contributed by atoms with Crippen LogP contribution in [-0.4, -0.2) is 32.0 Å². The number of rotatable bonds is 5. The molecule has 4 nitrogen and oxygen atoms in total. The molecule has 0 spiro atoms. The molecular formula is C11H14ClF3N2O2S. The summed E-state index contributed by atoms with van der Waals surface area (Å²) in [4.78, 5) is -0.420. The molecule has 1 aromatic carbocycles. The molecule has 0 aliphatic rings. The lowest BCUT2D eigenvalue weighted by atomic mass is 10.3. The van der Waals surface area contributed by atoms with Crippen molar-refractivity contribution in [3.63, 3.8) is 0 Å². The molecule has 1 rings (SSSR count). The van der Waals surface area contributed by atoms with Crippen LogP contribution in [-0.2, 0) is 10.0 Å². The highest BCUT2D eigenvalue weighted by molar-refractivity contribution is 7.89. The molecule has 0 heterocycles. The van der Waals surface area contributed by atoms with Gasteiger partial charge in [0.05, 0.1) is 5.02 Å². The third-order valence-electron chi connectivity index (χ3n) is 2.40. The topological polar surface area (TPSA) is 63.4 Å². The lowest BCUT2D eigenvalue weighted by Crippen LogP contribution is -2.39. The molecule has 0 atom stereocenters. The Balaban J connectivity index is 3.26. The van der Waals surface area contributed by atoms with E-state index in [0.29, 0.717) is 4.31 Å². The largest absolute Gasteiger partial charge is 0.402 e. The van der Waals surface area contributed by atoms with Gasteiger partial charge in [-0.2, -0.15) is 17.5 Å². The fourth-order valence-electron chi connectivity index (χ4n) is 1.59. The summed E-state index contributed by atoms with van der Waals surface area (Å²) in [5, 5.41) is -0.164. The second-order valence-electron chi connectivity index (χ2n) is 4.14. The molecule has 114 valence electrons. The number of nitrogen functional groups attached to an aromatic ring is 1. The maximum absolute atomic E-state index is 12.5. The van der Waals surface area contributed by atoms with Crippen LogP contribution in [0.1, 0.15) is 13.3 Å². The molecule has 0 fully saturated rings. The SMILES string of the molecule is CCCN(CC(F)(F)F)S(=O)(=O)c1cc(N)ccc1Cl. The van der Waals surface area contributed by atoms with Gasteiger partial charge in [0.25, 0.3) is 0 Å². The van der Waals surface area contributed by atoms with E-state index >= 15 is 0 Å². The van der Waals surface area contributed by atoms with Crippen LogP contribution in [0, 0.1) is 0 Å². The van der Waals surface area contributed by atoms with Gasteiger partial charge in [-0.3, -0.25) is 0 Å². The molecule has 0 aliphatic carbocycles. The Bertz CT molecular complexity index is 576. The van der Waals surface area contributed by atoms with Crippen molar-refractivity contribution in [3.05, 3.63) is 23.2 Å². The first kappa shape index (κ1) is 17.1. The average Bonchev–Trinajstić information content (AvgIpc) is 2.30. The first-order chi connectivity index (χ1) is 9.08. The van der Waals surface area contributed by atoms with E-state index in [2.05, 4.69) is 0 Å². The molecule has 0 saturated heterocycles. The van der Waals surface area contributed by atoms with Gasteiger partial charge in [-0.05, 0) is 24.6 Å². The third kappa shape index (κ3) is 4.26. The van der Waals surface area contributed by atoms with Gasteiger partial charge in [0.15, 0.2) is 0 Å². The van der Waals surface area contributed by atoms with Crippen LogP contribution in [0.5, 0.6) is 0 Å². The molecule has 0 amide bonds. The van der Waals surface area contributed by atoms with Crippen molar-refractivity contribution < 1.29 is 21.6 Å². The van der Waals surface area contributed by atoms with E-state index in [1.54, 1.807) is 6.92 Å². The molecule has 0 radical (unpaired) electrons. The second-order valence-corrected chi connectivity index (χ2v) is 6.46.